The first-order valence-electron chi connectivity index (χ1n) is 9.49. The Morgan fingerprint density at radius 2 is 1.89 bits per heavy atom. The molecule has 2 aromatic rings. The second kappa shape index (κ2) is 8.70. The molecule has 1 aromatic carbocycles. The molecule has 2 heterocycles. The highest BCUT2D eigenvalue weighted by Gasteiger charge is 2.24. The van der Waals surface area contributed by atoms with Crippen LogP contribution in [0.15, 0.2) is 48.1 Å². The van der Waals surface area contributed by atoms with Crippen LogP contribution in [0.25, 0.3) is 6.08 Å². The Kier molecular flexibility index (Phi) is 6.31. The lowest BCUT2D eigenvalue weighted by Crippen LogP contribution is -2.52. The van der Waals surface area contributed by atoms with E-state index in [-0.39, 0.29) is 4.90 Å². The predicted molar refractivity (Wildman–Crippen MR) is 113 cm³/mol. The third-order valence-electron chi connectivity index (χ3n) is 4.88. The summed E-state index contributed by atoms with van der Waals surface area (Å²) in [6.07, 6.45) is 5.84. The van der Waals surface area contributed by atoms with Crippen LogP contribution in [0.5, 0.6) is 0 Å². The zero-order valence-corrected chi connectivity index (χ0v) is 17.2. The average Bonchev–Trinajstić information content (AvgIpc) is 2.70. The van der Waals surface area contributed by atoms with Crippen molar-refractivity contribution in [2.45, 2.75) is 31.2 Å². The van der Waals surface area contributed by atoms with Crippen molar-refractivity contribution in [1.82, 2.24) is 14.9 Å². The first-order valence-corrected chi connectivity index (χ1v) is 11.0. The van der Waals surface area contributed by atoms with Crippen molar-refractivity contribution in [3.8, 4) is 0 Å². The maximum atomic E-state index is 12.5. The van der Waals surface area contributed by atoms with Gasteiger partial charge in [-0.05, 0) is 37.6 Å². The molecule has 1 aromatic heterocycles. The monoisotopic (exact) mass is 401 g/mol. The first-order chi connectivity index (χ1) is 13.4. The summed E-state index contributed by atoms with van der Waals surface area (Å²) in [6, 6.07) is 6.95. The first kappa shape index (κ1) is 20.3. The topological polar surface area (TPSA) is 78.4 Å². The molecule has 0 bridgehead atoms. The van der Waals surface area contributed by atoms with Gasteiger partial charge in [-0.3, -0.25) is 9.62 Å². The van der Waals surface area contributed by atoms with Gasteiger partial charge in [0.25, 0.3) is 10.0 Å². The van der Waals surface area contributed by atoms with E-state index in [2.05, 4.69) is 44.9 Å². The number of anilines is 2. The van der Waals surface area contributed by atoms with Gasteiger partial charge < -0.3 is 4.90 Å². The molecule has 1 aliphatic rings. The van der Waals surface area contributed by atoms with Gasteiger partial charge in [0, 0.05) is 25.7 Å². The minimum absolute atomic E-state index is 0.183. The Bertz CT molecular complexity index is 897. The van der Waals surface area contributed by atoms with Crippen LogP contribution in [0, 0.1) is 0 Å². The molecule has 3 rings (SSSR count). The molecular formula is C20H27N5O2S. The molecule has 0 saturated carbocycles. The van der Waals surface area contributed by atoms with Gasteiger partial charge in [0.1, 0.15) is 0 Å². The molecule has 1 N–H and O–H groups in total. The van der Waals surface area contributed by atoms with Crippen molar-refractivity contribution >= 4 is 27.7 Å². The van der Waals surface area contributed by atoms with Gasteiger partial charge in [0.15, 0.2) is 0 Å². The number of nitrogens with one attached hydrogen (secondary N) is 1. The third kappa shape index (κ3) is 4.69. The van der Waals surface area contributed by atoms with E-state index >= 15 is 0 Å². The van der Waals surface area contributed by atoms with Crippen molar-refractivity contribution in [1.29, 1.82) is 0 Å². The van der Waals surface area contributed by atoms with Gasteiger partial charge in [-0.1, -0.05) is 31.7 Å². The lowest BCUT2D eigenvalue weighted by molar-refractivity contribution is 0.189. The van der Waals surface area contributed by atoms with E-state index in [1.165, 1.54) is 12.4 Å². The number of rotatable bonds is 7. The summed E-state index contributed by atoms with van der Waals surface area (Å²) in [4.78, 5) is 13.5. The molecule has 1 unspecified atom stereocenters. The summed E-state index contributed by atoms with van der Waals surface area (Å²) in [6.45, 7) is 11.9. The lowest BCUT2D eigenvalue weighted by Gasteiger charge is -2.39. The van der Waals surface area contributed by atoms with Crippen LogP contribution >= 0.6 is 0 Å². The molecule has 1 atom stereocenters. The van der Waals surface area contributed by atoms with E-state index in [0.717, 1.165) is 38.2 Å². The van der Waals surface area contributed by atoms with Crippen LogP contribution in [0.1, 0.15) is 25.8 Å². The van der Waals surface area contributed by atoms with Crippen molar-refractivity contribution in [2.75, 3.05) is 35.8 Å². The fraction of sp³-hybridized carbons (Fsp3) is 0.400. The Balaban J connectivity index is 1.66. The summed E-state index contributed by atoms with van der Waals surface area (Å²) < 4.78 is 27.6. The highest BCUT2D eigenvalue weighted by molar-refractivity contribution is 7.92. The van der Waals surface area contributed by atoms with Crippen LogP contribution in [-0.2, 0) is 10.0 Å². The van der Waals surface area contributed by atoms with Gasteiger partial charge in [-0.2, -0.15) is 0 Å². The number of nitrogens with zero attached hydrogens (tertiary/aromatic N) is 4. The van der Waals surface area contributed by atoms with Crippen LogP contribution in [0.3, 0.4) is 0 Å². The Morgan fingerprint density at radius 1 is 1.21 bits per heavy atom. The van der Waals surface area contributed by atoms with E-state index < -0.39 is 10.0 Å². The molecule has 1 fully saturated rings. The fourth-order valence-electron chi connectivity index (χ4n) is 3.33. The van der Waals surface area contributed by atoms with Crippen molar-refractivity contribution < 1.29 is 8.42 Å². The van der Waals surface area contributed by atoms with Crippen LogP contribution in [0.4, 0.5) is 11.6 Å². The van der Waals surface area contributed by atoms with Crippen molar-refractivity contribution in [3.63, 3.8) is 0 Å². The van der Waals surface area contributed by atoms with E-state index in [1.54, 1.807) is 30.3 Å². The van der Waals surface area contributed by atoms with Crippen LogP contribution in [0.2, 0.25) is 0 Å². The second-order valence-corrected chi connectivity index (χ2v) is 8.66. The number of benzene rings is 1. The zero-order valence-electron chi connectivity index (χ0n) is 16.4. The summed E-state index contributed by atoms with van der Waals surface area (Å²) >= 11 is 0. The molecule has 7 nitrogen and oxygen atoms in total. The average molecular weight is 402 g/mol. The Morgan fingerprint density at radius 3 is 2.46 bits per heavy atom. The number of piperazine rings is 1. The van der Waals surface area contributed by atoms with Crippen molar-refractivity contribution in [2.24, 2.45) is 0 Å². The maximum Gasteiger partial charge on any atom is 0.261 e. The van der Waals surface area contributed by atoms with Crippen LogP contribution < -0.4 is 9.62 Å². The van der Waals surface area contributed by atoms with Gasteiger partial charge in [-0.15, -0.1) is 0 Å². The van der Waals surface area contributed by atoms with E-state index in [4.69, 9.17) is 0 Å². The molecule has 0 spiro atoms. The van der Waals surface area contributed by atoms with Crippen molar-refractivity contribution in [3.05, 3.63) is 48.8 Å². The summed E-state index contributed by atoms with van der Waals surface area (Å²) in [7, 11) is -3.68. The Labute approximate surface area is 167 Å². The molecule has 0 amide bonds. The molecule has 1 saturated heterocycles. The van der Waals surface area contributed by atoms with Gasteiger partial charge >= 0.3 is 0 Å². The quantitative estimate of drug-likeness (QED) is 0.769. The largest absolute Gasteiger partial charge is 0.338 e. The van der Waals surface area contributed by atoms with E-state index in [0.29, 0.717) is 17.7 Å². The molecule has 8 heteroatoms. The normalized spacial score (nSPS) is 18.1. The third-order valence-corrected chi connectivity index (χ3v) is 6.27. The summed E-state index contributed by atoms with van der Waals surface area (Å²) in [5, 5.41) is 0. The zero-order chi connectivity index (χ0) is 20.1. The molecule has 150 valence electrons. The summed E-state index contributed by atoms with van der Waals surface area (Å²) in [5.41, 5.74) is 1.20. The van der Waals surface area contributed by atoms with Crippen LogP contribution in [-0.4, -0.2) is 55.5 Å². The lowest BCUT2D eigenvalue weighted by atomic mass is 10.2. The molecule has 28 heavy (non-hydrogen) atoms. The van der Waals surface area contributed by atoms with Gasteiger partial charge in [0.05, 0.1) is 23.0 Å². The minimum Gasteiger partial charge on any atom is -0.338 e. The number of sulfonamides is 1. The molecule has 0 radical (unpaired) electrons. The highest BCUT2D eigenvalue weighted by Crippen LogP contribution is 2.19. The fourth-order valence-corrected chi connectivity index (χ4v) is 4.36. The number of aromatic nitrogens is 2. The van der Waals surface area contributed by atoms with Gasteiger partial charge in [0.2, 0.25) is 5.95 Å². The van der Waals surface area contributed by atoms with E-state index in [1.807, 2.05) is 0 Å². The summed E-state index contributed by atoms with van der Waals surface area (Å²) in [5.74, 6) is 0.626. The van der Waals surface area contributed by atoms with Gasteiger partial charge in [-0.25, -0.2) is 18.4 Å². The standard InChI is InChI=1S/C20H27N5O2S/c1-4-10-24-11-12-25(15-16(24)3)20-21-13-18(14-22-20)23-28(26,27)19-8-6-17(5-2)7-9-19/h5-9,13-14,16,23H,2,4,10-12,15H2,1,3H3. The number of hydrogen-bond acceptors (Lipinski definition) is 6. The Hall–Kier alpha value is -2.45. The second-order valence-electron chi connectivity index (χ2n) is 6.98. The maximum absolute atomic E-state index is 12.5. The minimum atomic E-state index is -3.68. The number of hydrogen-bond donors (Lipinski definition) is 1. The SMILES string of the molecule is C=Cc1ccc(S(=O)(=O)Nc2cnc(N3CCN(CCC)C(C)C3)nc2)cc1. The smallest absolute Gasteiger partial charge is 0.261 e. The molecule has 0 aliphatic carbocycles. The molecule has 1 aliphatic heterocycles. The van der Waals surface area contributed by atoms with E-state index in [9.17, 15) is 8.42 Å². The predicted octanol–water partition coefficient (Wildman–Crippen LogP) is 2.84. The highest BCUT2D eigenvalue weighted by atomic mass is 32.2. The molecular weight excluding hydrogens is 374 g/mol.